The van der Waals surface area contributed by atoms with Crippen molar-refractivity contribution in [2.45, 2.75) is 23.5 Å². The van der Waals surface area contributed by atoms with Gasteiger partial charge < -0.3 is 4.74 Å². The molecule has 2 aromatic carbocycles. The van der Waals surface area contributed by atoms with Gasteiger partial charge in [-0.05, 0) is 19.1 Å². The number of hydrogen-bond donors (Lipinski definition) is 0. The zero-order chi connectivity index (χ0) is 16.6. The van der Waals surface area contributed by atoms with Gasteiger partial charge in [0.1, 0.15) is 23.3 Å². The van der Waals surface area contributed by atoms with Crippen molar-refractivity contribution in [3.8, 4) is 0 Å². The fraction of sp³-hybridized carbons (Fsp3) is 0.222. The third-order valence-corrected chi connectivity index (χ3v) is 5.28. The van der Waals surface area contributed by atoms with Crippen molar-refractivity contribution >= 4 is 23.4 Å². The normalized spacial score (nSPS) is 22.9. The van der Waals surface area contributed by atoms with E-state index in [0.717, 1.165) is 11.6 Å². The standard InChI is InChI=1S/C18H15ClF2OS/c1-3-8-23-16-9-12(14(20)10-15(16)21)18(2)17(22-18)11-6-4-5-7-13(11)19/h3-7,9-10,17H,1,8H2,2H3. The zero-order valence-electron chi connectivity index (χ0n) is 12.5. The van der Waals surface area contributed by atoms with Crippen molar-refractivity contribution in [1.82, 2.24) is 0 Å². The molecule has 0 N–H and O–H groups in total. The summed E-state index contributed by atoms with van der Waals surface area (Å²) < 4.78 is 33.9. The molecule has 23 heavy (non-hydrogen) atoms. The van der Waals surface area contributed by atoms with E-state index in [1.807, 2.05) is 18.2 Å². The van der Waals surface area contributed by atoms with Gasteiger partial charge in [-0.3, -0.25) is 0 Å². The molecule has 5 heteroatoms. The average Bonchev–Trinajstić information content (AvgIpc) is 3.19. The van der Waals surface area contributed by atoms with Gasteiger partial charge in [0.25, 0.3) is 0 Å². The molecular weight excluding hydrogens is 338 g/mol. The van der Waals surface area contributed by atoms with E-state index in [1.165, 1.54) is 17.8 Å². The average molecular weight is 353 g/mol. The molecule has 1 aliphatic heterocycles. The monoisotopic (exact) mass is 352 g/mol. The Morgan fingerprint density at radius 3 is 2.74 bits per heavy atom. The van der Waals surface area contributed by atoms with E-state index >= 15 is 0 Å². The van der Waals surface area contributed by atoms with Crippen molar-refractivity contribution in [2.75, 3.05) is 5.75 Å². The highest BCUT2D eigenvalue weighted by Crippen LogP contribution is 2.58. The molecule has 0 saturated carbocycles. The van der Waals surface area contributed by atoms with Crippen LogP contribution in [0.2, 0.25) is 5.02 Å². The fourth-order valence-electron chi connectivity index (χ4n) is 2.63. The summed E-state index contributed by atoms with van der Waals surface area (Å²) >= 11 is 7.46. The molecule has 1 aliphatic rings. The van der Waals surface area contributed by atoms with E-state index in [9.17, 15) is 8.78 Å². The molecule has 0 aliphatic carbocycles. The lowest BCUT2D eigenvalue weighted by Crippen LogP contribution is -2.09. The molecule has 0 radical (unpaired) electrons. The summed E-state index contributed by atoms with van der Waals surface area (Å²) in [6.07, 6.45) is 1.34. The summed E-state index contributed by atoms with van der Waals surface area (Å²) in [6, 6.07) is 9.75. The Morgan fingerprint density at radius 1 is 1.30 bits per heavy atom. The summed E-state index contributed by atoms with van der Waals surface area (Å²) in [5, 5.41) is 0.574. The zero-order valence-corrected chi connectivity index (χ0v) is 14.1. The minimum atomic E-state index is -0.841. The van der Waals surface area contributed by atoms with Crippen LogP contribution in [0.1, 0.15) is 24.2 Å². The van der Waals surface area contributed by atoms with Gasteiger partial charge in [-0.2, -0.15) is 0 Å². The van der Waals surface area contributed by atoms with Crippen molar-refractivity contribution in [3.05, 3.63) is 76.8 Å². The van der Waals surface area contributed by atoms with Crippen LogP contribution < -0.4 is 0 Å². The van der Waals surface area contributed by atoms with Crippen molar-refractivity contribution in [2.24, 2.45) is 0 Å². The van der Waals surface area contributed by atoms with Gasteiger partial charge in [0.05, 0.1) is 0 Å². The van der Waals surface area contributed by atoms with Crippen LogP contribution >= 0.6 is 23.4 Å². The Labute approximate surface area is 143 Å². The maximum Gasteiger partial charge on any atom is 0.139 e. The fourth-order valence-corrected chi connectivity index (χ4v) is 3.56. The van der Waals surface area contributed by atoms with Gasteiger partial charge >= 0.3 is 0 Å². The molecule has 1 heterocycles. The molecule has 1 nitrogen and oxygen atoms in total. The number of benzene rings is 2. The predicted octanol–water partition coefficient (Wildman–Crippen LogP) is 5.88. The second-order valence-corrected chi connectivity index (χ2v) is 6.96. The molecule has 0 amide bonds. The van der Waals surface area contributed by atoms with Gasteiger partial charge in [0.15, 0.2) is 0 Å². The Hall–Kier alpha value is -1.36. The van der Waals surface area contributed by atoms with Crippen LogP contribution in [0.25, 0.3) is 0 Å². The Balaban J connectivity index is 1.96. The third-order valence-electron chi connectivity index (χ3n) is 3.91. The Morgan fingerprint density at radius 2 is 2.04 bits per heavy atom. The van der Waals surface area contributed by atoms with Crippen LogP contribution in [0.5, 0.6) is 0 Å². The molecule has 120 valence electrons. The van der Waals surface area contributed by atoms with Crippen molar-refractivity contribution in [3.63, 3.8) is 0 Å². The number of epoxide rings is 1. The lowest BCUT2D eigenvalue weighted by molar-refractivity contribution is 0.306. The molecule has 0 bridgehead atoms. The molecule has 0 spiro atoms. The molecule has 2 unspecified atom stereocenters. The Bertz CT molecular complexity index is 765. The highest BCUT2D eigenvalue weighted by molar-refractivity contribution is 7.99. The first-order valence-electron chi connectivity index (χ1n) is 7.13. The molecule has 0 aromatic heterocycles. The van der Waals surface area contributed by atoms with E-state index in [4.69, 9.17) is 16.3 Å². The first-order valence-corrected chi connectivity index (χ1v) is 8.49. The molecule has 2 atom stereocenters. The number of ether oxygens (including phenoxy) is 1. The molecule has 2 aromatic rings. The lowest BCUT2D eigenvalue weighted by Gasteiger charge is -2.12. The van der Waals surface area contributed by atoms with Crippen LogP contribution in [0, 0.1) is 11.6 Å². The van der Waals surface area contributed by atoms with Crippen LogP contribution in [-0.4, -0.2) is 5.75 Å². The largest absolute Gasteiger partial charge is 0.356 e. The second-order valence-electron chi connectivity index (χ2n) is 5.49. The second kappa shape index (κ2) is 6.27. The first kappa shape index (κ1) is 16.5. The van der Waals surface area contributed by atoms with E-state index in [0.29, 0.717) is 21.2 Å². The van der Waals surface area contributed by atoms with Crippen LogP contribution in [0.4, 0.5) is 8.78 Å². The van der Waals surface area contributed by atoms with Crippen molar-refractivity contribution in [1.29, 1.82) is 0 Å². The van der Waals surface area contributed by atoms with E-state index in [2.05, 4.69) is 6.58 Å². The SMILES string of the molecule is C=CCSc1cc(C2(C)OC2c2ccccc2Cl)c(F)cc1F. The highest BCUT2D eigenvalue weighted by atomic mass is 35.5. The smallest absolute Gasteiger partial charge is 0.139 e. The number of thioether (sulfide) groups is 1. The minimum Gasteiger partial charge on any atom is -0.356 e. The summed E-state index contributed by atoms with van der Waals surface area (Å²) in [7, 11) is 0. The number of rotatable bonds is 5. The van der Waals surface area contributed by atoms with Crippen molar-refractivity contribution < 1.29 is 13.5 Å². The summed E-state index contributed by atoms with van der Waals surface area (Å²) in [5.74, 6) is -0.632. The van der Waals surface area contributed by atoms with Gasteiger partial charge in [-0.15, -0.1) is 18.3 Å². The minimum absolute atomic E-state index is 0.339. The topological polar surface area (TPSA) is 12.5 Å². The number of halogens is 3. The van der Waals surface area contributed by atoms with E-state index in [1.54, 1.807) is 19.1 Å². The maximum atomic E-state index is 14.3. The van der Waals surface area contributed by atoms with Gasteiger partial charge in [0, 0.05) is 32.9 Å². The Kier molecular flexibility index (Phi) is 4.50. The van der Waals surface area contributed by atoms with Gasteiger partial charge in [-0.25, -0.2) is 8.78 Å². The number of hydrogen-bond acceptors (Lipinski definition) is 2. The molecular formula is C18H15ClF2OS. The predicted molar refractivity (Wildman–Crippen MR) is 89.9 cm³/mol. The first-order chi connectivity index (χ1) is 11.0. The van der Waals surface area contributed by atoms with E-state index in [-0.39, 0.29) is 6.10 Å². The summed E-state index contributed by atoms with van der Waals surface area (Å²) in [5.41, 5.74) is 0.308. The molecule has 1 fully saturated rings. The molecule has 1 saturated heterocycles. The van der Waals surface area contributed by atoms with Crippen LogP contribution in [0.15, 0.2) is 53.9 Å². The lowest BCUT2D eigenvalue weighted by atomic mass is 9.93. The highest BCUT2D eigenvalue weighted by Gasteiger charge is 2.56. The quantitative estimate of drug-likeness (QED) is 0.378. The van der Waals surface area contributed by atoms with Crippen LogP contribution in [0.3, 0.4) is 0 Å². The van der Waals surface area contributed by atoms with Gasteiger partial charge in [-0.1, -0.05) is 35.9 Å². The third kappa shape index (κ3) is 3.03. The molecule has 3 rings (SSSR count). The summed E-state index contributed by atoms with van der Waals surface area (Å²) in [4.78, 5) is 0.385. The van der Waals surface area contributed by atoms with Crippen LogP contribution in [-0.2, 0) is 10.3 Å². The van der Waals surface area contributed by atoms with Gasteiger partial charge in [0.2, 0.25) is 0 Å². The maximum absolute atomic E-state index is 14.3. The summed E-state index contributed by atoms with van der Waals surface area (Å²) in [6.45, 7) is 5.40. The van der Waals surface area contributed by atoms with E-state index < -0.39 is 17.2 Å².